The van der Waals surface area contributed by atoms with Gasteiger partial charge in [-0.15, -0.1) is 0 Å². The smallest absolute Gasteiger partial charge is 0.416 e. The summed E-state index contributed by atoms with van der Waals surface area (Å²) in [6.45, 7) is -0.471. The Bertz CT molecular complexity index is 1200. The Morgan fingerprint density at radius 2 is 0.808 bits per heavy atom. The summed E-state index contributed by atoms with van der Waals surface area (Å²) >= 11 is 0. The van der Waals surface area contributed by atoms with Crippen molar-refractivity contribution in [1.82, 2.24) is 0 Å². The fraction of sp³-hybridized carbons (Fsp3) is 1.00. The van der Waals surface area contributed by atoms with E-state index >= 15 is 0 Å². The molecule has 0 spiro atoms. The molecule has 0 bridgehead atoms. The minimum Gasteiger partial charge on any atom is -0.436 e. The van der Waals surface area contributed by atoms with Gasteiger partial charge in [-0.05, 0) is 89.6 Å². The lowest BCUT2D eigenvalue weighted by atomic mass is 10.4. The molecule has 482 valence electrons. The van der Waals surface area contributed by atoms with Gasteiger partial charge in [0, 0.05) is 44.7 Å². The molecule has 43 heteroatoms. The van der Waals surface area contributed by atoms with Crippen LogP contribution in [0.1, 0.15) is 44.9 Å². The van der Waals surface area contributed by atoms with E-state index in [0.29, 0.717) is 44.8 Å². The summed E-state index contributed by atoms with van der Waals surface area (Å²) < 4.78 is 340. The molecule has 0 aromatic carbocycles. The Labute approximate surface area is 434 Å². The Morgan fingerprint density at radius 1 is 0.487 bits per heavy atom. The third-order valence-corrected chi connectivity index (χ3v) is 24.5. The maximum Gasteiger partial charge on any atom is 0.416 e. The van der Waals surface area contributed by atoms with Gasteiger partial charge in [0.2, 0.25) is 20.6 Å². The summed E-state index contributed by atoms with van der Waals surface area (Å²) in [7, 11) is -10.1. The fourth-order valence-corrected chi connectivity index (χ4v) is 23.1. The van der Waals surface area contributed by atoms with Crippen LogP contribution < -0.4 is 0 Å². The van der Waals surface area contributed by atoms with Crippen molar-refractivity contribution in [3.63, 3.8) is 0 Å². The van der Waals surface area contributed by atoms with Gasteiger partial charge in [0.15, 0.2) is 28.3 Å². The molecule has 78 heavy (non-hydrogen) atoms. The Balaban J connectivity index is -0.000000239. The van der Waals surface area contributed by atoms with E-state index in [1.54, 1.807) is 0 Å². The molecular weight excluding hydrogens is 1240 g/mol. The van der Waals surface area contributed by atoms with E-state index in [2.05, 4.69) is 27.9 Å². The molecule has 2 heterocycles. The monoisotopic (exact) mass is 1300 g/mol. The summed E-state index contributed by atoms with van der Waals surface area (Å²) in [5.74, 6) is 0. The van der Waals surface area contributed by atoms with Crippen molar-refractivity contribution in [3.05, 3.63) is 0 Å². The first kappa shape index (κ1) is 90.2. The number of ether oxygens (including phenoxy) is 4. The van der Waals surface area contributed by atoms with Crippen LogP contribution in [0.4, 0.5) is 124 Å². The topological polar surface area (TPSA) is 105 Å². The summed E-state index contributed by atoms with van der Waals surface area (Å²) in [4.78, 5) is 7.12. The molecule has 2 aliphatic rings. The van der Waals surface area contributed by atoms with E-state index in [1.807, 2.05) is 13.1 Å². The van der Waals surface area contributed by atoms with Gasteiger partial charge in [-0.25, -0.2) is 26.3 Å². The molecular formula is C35H64F28O11Si4. The summed E-state index contributed by atoms with van der Waals surface area (Å²) in [5, 5.41) is 0. The Hall–Kier alpha value is -1.53. The van der Waals surface area contributed by atoms with Crippen molar-refractivity contribution in [3.8, 4) is 0 Å². The predicted molar refractivity (Wildman–Crippen MR) is 228 cm³/mol. The lowest BCUT2D eigenvalue weighted by Crippen LogP contribution is -2.55. The van der Waals surface area contributed by atoms with Crippen LogP contribution in [0.2, 0.25) is 50.4 Å². The highest BCUT2D eigenvalue weighted by Gasteiger charge is 2.44. The van der Waals surface area contributed by atoms with E-state index in [-0.39, 0.29) is 25.9 Å². The molecule has 2 aliphatic heterocycles. The molecule has 2 rings (SSSR count). The lowest BCUT2D eigenvalue weighted by Gasteiger charge is -2.41. The molecule has 2 fully saturated rings. The minimum absolute atomic E-state index is 0.162. The first-order valence-electron chi connectivity index (χ1n) is 21.7. The van der Waals surface area contributed by atoms with Crippen molar-refractivity contribution < 1.29 is 175 Å². The van der Waals surface area contributed by atoms with Crippen molar-refractivity contribution >= 4 is 34.7 Å². The quantitative estimate of drug-likeness (QED) is 0.0475. The molecule has 0 N–H and O–H groups in total. The third kappa shape index (κ3) is 80.9. The summed E-state index contributed by atoms with van der Waals surface area (Å²) in [5.41, 5.74) is 0. The maximum absolute atomic E-state index is 12.5. The molecule has 0 aromatic rings. The first-order valence-corrected chi connectivity index (χ1v) is 31.6. The highest BCUT2D eigenvalue weighted by molar-refractivity contribution is 6.86. The molecule has 0 aromatic heterocycles. The van der Waals surface area contributed by atoms with Crippen LogP contribution >= 0.6 is 0 Å². The fourth-order valence-electron chi connectivity index (χ4n) is 5.16. The second-order valence-corrected chi connectivity index (χ2v) is 28.7. The highest BCUT2D eigenvalue weighted by Crippen LogP contribution is 2.32. The van der Waals surface area contributed by atoms with Crippen LogP contribution in [0.5, 0.6) is 0 Å². The Morgan fingerprint density at radius 3 is 1.13 bits per heavy atom. The van der Waals surface area contributed by atoms with E-state index in [0.717, 1.165) is 38.0 Å². The summed E-state index contributed by atoms with van der Waals surface area (Å²) in [6, 6.07) is 2.81. The van der Waals surface area contributed by atoms with Gasteiger partial charge in [0.05, 0.1) is 39.3 Å². The van der Waals surface area contributed by atoms with Crippen LogP contribution in [0.25, 0.3) is 0 Å². The van der Waals surface area contributed by atoms with E-state index in [4.69, 9.17) is 54.0 Å². The number of hydrogen-bond donors (Lipinski definition) is 0. The average Bonchev–Trinajstić information content (AvgIpc) is 4.18. The van der Waals surface area contributed by atoms with Gasteiger partial charge in [0.25, 0.3) is 0 Å². The zero-order valence-corrected chi connectivity index (χ0v) is 46.1. The lowest BCUT2D eigenvalue weighted by molar-refractivity contribution is -0.167. The van der Waals surface area contributed by atoms with Gasteiger partial charge in [-0.1, -0.05) is 6.42 Å². The minimum atomic E-state index is -4.62. The molecule has 0 radical (unpaired) electrons. The highest BCUT2D eigenvalue weighted by atomic mass is 28.5. The average molecular weight is 1310 g/mol. The van der Waals surface area contributed by atoms with E-state index in [9.17, 15) is 106 Å². The van der Waals surface area contributed by atoms with Crippen molar-refractivity contribution in [2.75, 3.05) is 93.5 Å². The number of hydrogen-bond acceptors (Lipinski definition) is 11. The number of rotatable bonds is 21. The molecule has 2 saturated heterocycles. The SMILES string of the molecule is C[SiH]1O[Si](C)(CCCOCC2CO2)OCCCC[Si](C)(CCCOCCC(F)(F)F)O[Si](C)(CCCOCCC(F)(F)F)O1.FCC(F)(F)F.FCC(F)(F)F.FCC(F)(F)F.FCOF.FCOF.FCOF.FF.FF. The van der Waals surface area contributed by atoms with Crippen molar-refractivity contribution in [2.45, 2.75) is 132 Å². The van der Waals surface area contributed by atoms with Gasteiger partial charge < -0.3 is 35.7 Å². The van der Waals surface area contributed by atoms with Crippen molar-refractivity contribution in [2.24, 2.45) is 0 Å². The second kappa shape index (κ2) is 53.5. The van der Waals surface area contributed by atoms with Crippen LogP contribution in [-0.4, -0.2) is 165 Å². The standard InChI is InChI=1S/C26H52F6O8Si4.3C2H2F4.3CH2F2O.2F2/c1-41-38-43(3,20-9-14-35-22-24-23-36-24)37-15-5-6-18-42(2,19-7-12-33-16-10-25(27,28)29)40-44(4,39-41)21-8-13-34-17-11-26(30,31)32;3*3-1-2(4,5)6;3*2-1-4-3;2*1-2/h24,41H,5-23H2,1-4H3;3*1H2;3*1H2;;. The summed E-state index contributed by atoms with van der Waals surface area (Å²) in [6.07, 6.45) is -20.6. The Kier molecular flexibility index (Phi) is 61.9. The maximum atomic E-state index is 12.5. The van der Waals surface area contributed by atoms with Gasteiger partial charge in [-0.3, -0.25) is 0 Å². The normalized spacial score (nSPS) is 21.5. The van der Waals surface area contributed by atoms with Crippen LogP contribution in [0.15, 0.2) is 0 Å². The number of epoxide rings is 1. The van der Waals surface area contributed by atoms with Crippen LogP contribution in [0.3, 0.4) is 0 Å². The number of alkyl halides is 21. The number of halogens is 28. The molecule has 0 aliphatic carbocycles. The predicted octanol–water partition coefficient (Wildman–Crippen LogP) is 15.6. The molecule has 5 unspecified atom stereocenters. The molecule has 0 amide bonds. The third-order valence-electron chi connectivity index (χ3n) is 7.98. The zero-order chi connectivity index (χ0) is 62.6. The zero-order valence-electron chi connectivity index (χ0n) is 41.9. The largest absolute Gasteiger partial charge is 0.436 e. The van der Waals surface area contributed by atoms with Crippen LogP contribution in [0, 0.1) is 0 Å². The van der Waals surface area contributed by atoms with E-state index < -0.39 is 126 Å². The molecule has 11 nitrogen and oxygen atoms in total. The van der Waals surface area contributed by atoms with Gasteiger partial charge >= 0.3 is 57.3 Å². The first-order chi connectivity index (χ1) is 35.9. The van der Waals surface area contributed by atoms with E-state index in [1.165, 1.54) is 0 Å². The van der Waals surface area contributed by atoms with Gasteiger partial charge in [-0.2, -0.15) is 80.7 Å². The van der Waals surface area contributed by atoms with Gasteiger partial charge in [0.1, 0.15) is 6.10 Å². The van der Waals surface area contributed by atoms with Crippen LogP contribution in [-0.2, 0) is 50.5 Å². The molecule has 0 saturated carbocycles. The molecule has 5 atom stereocenters. The van der Waals surface area contributed by atoms with Crippen molar-refractivity contribution in [1.29, 1.82) is 0 Å². The second-order valence-electron chi connectivity index (χ2n) is 15.1.